The minimum absolute atomic E-state index is 0.0782. The van der Waals surface area contributed by atoms with E-state index in [2.05, 4.69) is 35.1 Å². The largest absolute Gasteiger partial charge is 0.497 e. The highest BCUT2D eigenvalue weighted by atomic mass is 16.6. The summed E-state index contributed by atoms with van der Waals surface area (Å²) in [5, 5.41) is 0. The van der Waals surface area contributed by atoms with E-state index in [4.69, 9.17) is 24.7 Å². The molecule has 1 aliphatic carbocycles. The molecule has 0 aromatic heterocycles. The molecule has 56 heavy (non-hydrogen) atoms. The van der Waals surface area contributed by atoms with E-state index in [0.717, 1.165) is 38.9 Å². The number of hydrazine groups is 1. The Morgan fingerprint density at radius 3 is 1.95 bits per heavy atom. The van der Waals surface area contributed by atoms with Crippen LogP contribution in [-0.2, 0) is 16.1 Å². The number of nitrogens with two attached hydrogens (primary N) is 1. The van der Waals surface area contributed by atoms with Crippen LogP contribution in [0.4, 0.5) is 10.5 Å². The molecule has 6 aromatic rings. The van der Waals surface area contributed by atoms with Crippen molar-refractivity contribution in [2.75, 3.05) is 32.3 Å². The lowest BCUT2D eigenvalue weighted by molar-refractivity contribution is -0.128. The van der Waals surface area contributed by atoms with Gasteiger partial charge in [0.1, 0.15) is 23.9 Å². The van der Waals surface area contributed by atoms with Gasteiger partial charge >= 0.3 is 6.09 Å². The Hall–Kier alpha value is -6.62. The van der Waals surface area contributed by atoms with E-state index in [1.165, 1.54) is 12.0 Å². The number of hydrogen-bond acceptors (Lipinski definition) is 8. The third kappa shape index (κ3) is 8.52. The van der Waals surface area contributed by atoms with E-state index in [9.17, 15) is 9.59 Å². The summed E-state index contributed by atoms with van der Waals surface area (Å²) in [6.07, 6.45) is -1.85. The standard InChI is InChI=1S/C46H44N4O6/c1-53-35-25-26-41(42(27-35)54-2)50(46(52)55-30-40-38-19-11-9-17-36(38)37-18-10-12-20-39(37)40)29-43(56-34-15-7-4-8-16-34)45(51)49-48-28-31-21-23-33(24-22-31)44(47)32-13-5-3-6-14-32/h3-27,40,43-44,48H,28-30,47H2,1-2H3,(H,49,51). The van der Waals surface area contributed by atoms with Crippen LogP contribution in [-0.4, -0.2) is 45.5 Å². The molecule has 0 saturated carbocycles. The zero-order valence-corrected chi connectivity index (χ0v) is 31.3. The van der Waals surface area contributed by atoms with E-state index in [-0.39, 0.29) is 25.1 Å². The first-order chi connectivity index (χ1) is 27.4. The molecule has 0 spiro atoms. The van der Waals surface area contributed by atoms with Gasteiger partial charge in [0.25, 0.3) is 5.91 Å². The fourth-order valence-electron chi connectivity index (χ4n) is 6.96. The second-order valence-corrected chi connectivity index (χ2v) is 13.3. The molecule has 0 fully saturated rings. The predicted molar refractivity (Wildman–Crippen MR) is 217 cm³/mol. The number of amides is 2. The van der Waals surface area contributed by atoms with Gasteiger partial charge < -0.3 is 24.7 Å². The molecule has 0 radical (unpaired) electrons. The molecule has 4 N–H and O–H groups in total. The summed E-state index contributed by atoms with van der Waals surface area (Å²) in [7, 11) is 3.05. The number of nitrogens with one attached hydrogen (secondary N) is 2. The highest BCUT2D eigenvalue weighted by Gasteiger charge is 2.33. The van der Waals surface area contributed by atoms with E-state index in [1.807, 2.05) is 97.1 Å². The number of fused-ring (bicyclic) bond motifs is 3. The molecule has 0 aliphatic heterocycles. The Balaban J connectivity index is 1.10. The van der Waals surface area contributed by atoms with Crippen molar-refractivity contribution in [3.8, 4) is 28.4 Å². The Kier molecular flexibility index (Phi) is 11.9. The van der Waals surface area contributed by atoms with Crippen LogP contribution < -0.4 is 35.7 Å². The molecule has 0 saturated heterocycles. The van der Waals surface area contributed by atoms with Gasteiger partial charge in [-0.1, -0.05) is 121 Å². The monoisotopic (exact) mass is 748 g/mol. The molecule has 0 heterocycles. The zero-order valence-electron chi connectivity index (χ0n) is 31.3. The second kappa shape index (κ2) is 17.7. The molecule has 0 bridgehead atoms. The van der Waals surface area contributed by atoms with Gasteiger partial charge in [-0.25, -0.2) is 10.2 Å². The van der Waals surface area contributed by atoms with Gasteiger partial charge in [0.2, 0.25) is 0 Å². The molecule has 2 unspecified atom stereocenters. The SMILES string of the molecule is COc1ccc(N(CC(Oc2ccccc2)C(=O)NNCc2ccc(C(N)c3ccccc3)cc2)C(=O)OCC2c3ccccc3-c3ccccc32)c(OC)c1. The first kappa shape index (κ1) is 37.7. The normalized spacial score (nSPS) is 12.8. The summed E-state index contributed by atoms with van der Waals surface area (Å²) in [5.41, 5.74) is 20.0. The first-order valence-corrected chi connectivity index (χ1v) is 18.4. The number of ether oxygens (including phenoxy) is 4. The van der Waals surface area contributed by atoms with Crippen LogP contribution >= 0.6 is 0 Å². The number of para-hydroxylation sites is 1. The number of benzene rings is 6. The van der Waals surface area contributed by atoms with Crippen molar-refractivity contribution >= 4 is 17.7 Å². The maximum atomic E-state index is 14.3. The van der Waals surface area contributed by atoms with Crippen molar-refractivity contribution in [1.29, 1.82) is 0 Å². The summed E-state index contributed by atoms with van der Waals surface area (Å²) in [5.74, 6) is 0.670. The molecular formula is C46H44N4O6. The van der Waals surface area contributed by atoms with Crippen molar-refractivity contribution in [3.63, 3.8) is 0 Å². The van der Waals surface area contributed by atoms with Crippen LogP contribution in [0.5, 0.6) is 17.2 Å². The average Bonchev–Trinajstić information content (AvgIpc) is 3.58. The molecule has 10 nitrogen and oxygen atoms in total. The Morgan fingerprint density at radius 2 is 1.30 bits per heavy atom. The van der Waals surface area contributed by atoms with Gasteiger partial charge in [-0.05, 0) is 63.2 Å². The number of rotatable bonds is 15. The third-order valence-electron chi connectivity index (χ3n) is 9.90. The second-order valence-electron chi connectivity index (χ2n) is 13.3. The predicted octanol–water partition coefficient (Wildman–Crippen LogP) is 7.78. The summed E-state index contributed by atoms with van der Waals surface area (Å²) in [6, 6.07) is 47.9. The molecule has 10 heteroatoms. The number of nitrogens with zero attached hydrogens (tertiary/aromatic N) is 1. The zero-order chi connectivity index (χ0) is 38.9. The van der Waals surface area contributed by atoms with Gasteiger partial charge in [-0.3, -0.25) is 15.1 Å². The highest BCUT2D eigenvalue weighted by Crippen LogP contribution is 2.44. The molecule has 1 aliphatic rings. The molecular weight excluding hydrogens is 705 g/mol. The summed E-state index contributed by atoms with van der Waals surface area (Å²) in [6.45, 7) is 0.190. The lowest BCUT2D eigenvalue weighted by atomic mass is 9.98. The molecule has 284 valence electrons. The van der Waals surface area contributed by atoms with Gasteiger partial charge in [0.15, 0.2) is 6.10 Å². The topological polar surface area (TPSA) is 124 Å². The van der Waals surface area contributed by atoms with Gasteiger partial charge in [0, 0.05) is 18.5 Å². The smallest absolute Gasteiger partial charge is 0.414 e. The minimum atomic E-state index is -1.18. The maximum absolute atomic E-state index is 14.3. The minimum Gasteiger partial charge on any atom is -0.497 e. The van der Waals surface area contributed by atoms with Gasteiger partial charge in [0.05, 0.1) is 32.5 Å². The molecule has 2 atom stereocenters. The Morgan fingerprint density at radius 1 is 0.696 bits per heavy atom. The Labute approximate surface area is 326 Å². The van der Waals surface area contributed by atoms with E-state index < -0.39 is 18.1 Å². The lowest BCUT2D eigenvalue weighted by Crippen LogP contribution is -2.51. The van der Waals surface area contributed by atoms with Crippen molar-refractivity contribution in [1.82, 2.24) is 10.9 Å². The van der Waals surface area contributed by atoms with Crippen molar-refractivity contribution < 1.29 is 28.5 Å². The number of methoxy groups -OCH3 is 2. The van der Waals surface area contributed by atoms with E-state index >= 15 is 0 Å². The average molecular weight is 749 g/mol. The summed E-state index contributed by atoms with van der Waals surface area (Å²) < 4.78 is 23.6. The maximum Gasteiger partial charge on any atom is 0.414 e. The van der Waals surface area contributed by atoms with Gasteiger partial charge in [-0.15, -0.1) is 0 Å². The van der Waals surface area contributed by atoms with Crippen molar-refractivity contribution in [2.45, 2.75) is 24.6 Å². The number of carbonyl (C=O) groups excluding carboxylic acids is 2. The fourth-order valence-corrected chi connectivity index (χ4v) is 6.96. The number of hydrogen-bond donors (Lipinski definition) is 3. The molecule has 7 rings (SSSR count). The van der Waals surface area contributed by atoms with Gasteiger partial charge in [-0.2, -0.15) is 0 Å². The quantitative estimate of drug-likeness (QED) is 0.0911. The summed E-state index contributed by atoms with van der Waals surface area (Å²) >= 11 is 0. The molecule has 6 aromatic carbocycles. The summed E-state index contributed by atoms with van der Waals surface area (Å²) in [4.78, 5) is 29.7. The number of anilines is 1. The highest BCUT2D eigenvalue weighted by molar-refractivity contribution is 5.92. The lowest BCUT2D eigenvalue weighted by Gasteiger charge is -2.29. The van der Waals surface area contributed by atoms with Crippen LogP contribution in [0, 0.1) is 0 Å². The Bertz CT molecular complexity index is 2210. The first-order valence-electron chi connectivity index (χ1n) is 18.4. The van der Waals surface area contributed by atoms with Crippen LogP contribution in [0.1, 0.15) is 39.8 Å². The van der Waals surface area contributed by atoms with Crippen LogP contribution in [0.25, 0.3) is 11.1 Å². The van der Waals surface area contributed by atoms with Crippen LogP contribution in [0.3, 0.4) is 0 Å². The van der Waals surface area contributed by atoms with E-state index in [0.29, 0.717) is 29.5 Å². The van der Waals surface area contributed by atoms with Crippen LogP contribution in [0.2, 0.25) is 0 Å². The van der Waals surface area contributed by atoms with E-state index in [1.54, 1.807) is 37.4 Å². The number of carbonyl (C=O) groups is 2. The third-order valence-corrected chi connectivity index (χ3v) is 9.90. The van der Waals surface area contributed by atoms with Crippen molar-refractivity contribution in [2.24, 2.45) is 5.73 Å². The fraction of sp³-hybridized carbons (Fsp3) is 0.174. The van der Waals surface area contributed by atoms with Crippen molar-refractivity contribution in [3.05, 3.63) is 179 Å². The van der Waals surface area contributed by atoms with Crippen LogP contribution in [0.15, 0.2) is 152 Å². The molecule has 2 amide bonds.